The predicted molar refractivity (Wildman–Crippen MR) is 154 cm³/mol. The average molecular weight is 552 g/mol. The van der Waals surface area contributed by atoms with E-state index in [0.717, 1.165) is 22.4 Å². The molecule has 0 saturated heterocycles. The highest BCUT2D eigenvalue weighted by Crippen LogP contribution is 2.31. The predicted octanol–water partition coefficient (Wildman–Crippen LogP) is 4.92. The molecule has 9 heteroatoms. The number of aromatic amines is 1. The molecule has 1 amide bonds. The Morgan fingerprint density at radius 1 is 1.03 bits per heavy atom. The first kappa shape index (κ1) is 24.8. The van der Waals surface area contributed by atoms with Crippen molar-refractivity contribution in [3.8, 4) is 11.3 Å². The Bertz CT molecular complexity index is 1890. The van der Waals surface area contributed by atoms with Crippen LogP contribution in [0.5, 0.6) is 0 Å². The Labute approximate surface area is 232 Å². The molecular weight excluding hydrogens is 530 g/mol. The van der Waals surface area contributed by atoms with Crippen LogP contribution in [0.1, 0.15) is 24.1 Å². The second kappa shape index (κ2) is 10.3. The van der Waals surface area contributed by atoms with Gasteiger partial charge in [0.1, 0.15) is 0 Å². The lowest BCUT2D eigenvalue weighted by atomic mass is 9.95. The van der Waals surface area contributed by atoms with Gasteiger partial charge < -0.3 is 5.32 Å². The Balaban J connectivity index is 1.50. The second-order valence-electron chi connectivity index (χ2n) is 9.02. The van der Waals surface area contributed by atoms with Crippen molar-refractivity contribution in [2.75, 3.05) is 5.32 Å². The van der Waals surface area contributed by atoms with Gasteiger partial charge in [0.2, 0.25) is 0 Å². The van der Waals surface area contributed by atoms with Gasteiger partial charge in [-0.2, -0.15) is 5.10 Å². The molecule has 3 heterocycles. The molecular formula is C30H22ClN5O2S. The SMILES string of the molecule is CC1=C(C(=O)Nc2ccccc2)C(c2ccc(Cl)cc2)n2c(s/c(=C\c3cn[nH]c3-c3ccccc3)c2=O)=N1. The molecule has 2 N–H and O–H groups in total. The molecule has 5 aromatic rings. The van der Waals surface area contributed by atoms with Gasteiger partial charge in [0, 0.05) is 21.8 Å². The summed E-state index contributed by atoms with van der Waals surface area (Å²) in [6, 6.07) is 25.5. The quantitative estimate of drug-likeness (QED) is 0.325. The van der Waals surface area contributed by atoms with Crippen molar-refractivity contribution in [2.24, 2.45) is 4.99 Å². The standard InChI is InChI=1S/C30H22ClN5O2S/c1-18-25(28(37)34-23-10-6-3-7-11-23)27(20-12-14-22(31)15-13-20)36-29(38)24(39-30(36)33-18)16-21-17-32-35-26(21)19-8-4-2-5-9-19/h2-17,27H,1H3,(H,32,35)(H,34,37)/b24-16-. The maximum atomic E-state index is 13.9. The summed E-state index contributed by atoms with van der Waals surface area (Å²) in [6.07, 6.45) is 3.51. The van der Waals surface area contributed by atoms with E-state index in [-0.39, 0.29) is 11.5 Å². The van der Waals surface area contributed by atoms with Crippen LogP contribution in [0.15, 0.2) is 112 Å². The van der Waals surface area contributed by atoms with Crippen molar-refractivity contribution >= 4 is 40.6 Å². The molecule has 0 fully saturated rings. The number of carbonyl (C=O) groups excluding carboxylic acids is 1. The first-order valence-corrected chi connectivity index (χ1v) is 13.4. The summed E-state index contributed by atoms with van der Waals surface area (Å²) in [5.41, 5.74) is 4.68. The van der Waals surface area contributed by atoms with Gasteiger partial charge >= 0.3 is 0 Å². The molecule has 1 atom stereocenters. The number of anilines is 1. The molecule has 6 rings (SSSR count). The number of carbonyl (C=O) groups is 1. The fourth-order valence-electron chi connectivity index (χ4n) is 4.67. The van der Waals surface area contributed by atoms with Gasteiger partial charge in [-0.05, 0) is 42.8 Å². The lowest BCUT2D eigenvalue weighted by Gasteiger charge is -2.25. The number of amides is 1. The van der Waals surface area contributed by atoms with Crippen molar-refractivity contribution in [2.45, 2.75) is 13.0 Å². The van der Waals surface area contributed by atoms with E-state index in [0.29, 0.717) is 31.3 Å². The number of halogens is 1. The molecule has 1 unspecified atom stereocenters. The molecule has 39 heavy (non-hydrogen) atoms. The summed E-state index contributed by atoms with van der Waals surface area (Å²) in [7, 11) is 0. The van der Waals surface area contributed by atoms with E-state index >= 15 is 0 Å². The highest BCUT2D eigenvalue weighted by molar-refractivity contribution is 7.07. The van der Waals surface area contributed by atoms with Crippen LogP contribution in [0.4, 0.5) is 5.69 Å². The second-order valence-corrected chi connectivity index (χ2v) is 10.5. The summed E-state index contributed by atoms with van der Waals surface area (Å²) in [4.78, 5) is 32.8. The molecule has 2 aromatic heterocycles. The molecule has 0 radical (unpaired) electrons. The zero-order chi connectivity index (χ0) is 26.9. The smallest absolute Gasteiger partial charge is 0.271 e. The summed E-state index contributed by atoms with van der Waals surface area (Å²) < 4.78 is 2.08. The Kier molecular flexibility index (Phi) is 6.56. The lowest BCUT2D eigenvalue weighted by Crippen LogP contribution is -2.40. The van der Waals surface area contributed by atoms with Crippen LogP contribution in [-0.2, 0) is 4.79 Å². The molecule has 1 aliphatic rings. The third kappa shape index (κ3) is 4.76. The Hall–Kier alpha value is -4.53. The molecule has 3 aromatic carbocycles. The molecule has 0 spiro atoms. The van der Waals surface area contributed by atoms with E-state index in [1.807, 2.05) is 78.9 Å². The maximum absolute atomic E-state index is 13.9. The zero-order valence-corrected chi connectivity index (χ0v) is 22.3. The van der Waals surface area contributed by atoms with Crippen LogP contribution < -0.4 is 20.2 Å². The van der Waals surface area contributed by atoms with Crippen LogP contribution in [-0.4, -0.2) is 20.7 Å². The van der Waals surface area contributed by atoms with Crippen molar-refractivity contribution in [1.82, 2.24) is 14.8 Å². The number of H-pyrrole nitrogens is 1. The molecule has 7 nitrogen and oxygen atoms in total. The molecule has 0 aliphatic carbocycles. The largest absolute Gasteiger partial charge is 0.322 e. The summed E-state index contributed by atoms with van der Waals surface area (Å²) in [5, 5.41) is 10.8. The van der Waals surface area contributed by atoms with Gasteiger partial charge in [-0.15, -0.1) is 0 Å². The van der Waals surface area contributed by atoms with E-state index in [1.54, 1.807) is 29.8 Å². The number of para-hydroxylation sites is 1. The number of rotatable bonds is 5. The number of nitrogens with zero attached hydrogens (tertiary/aromatic N) is 3. The minimum absolute atomic E-state index is 0.239. The first-order chi connectivity index (χ1) is 19.0. The molecule has 0 saturated carbocycles. The van der Waals surface area contributed by atoms with Crippen molar-refractivity contribution in [3.63, 3.8) is 0 Å². The van der Waals surface area contributed by atoms with Gasteiger partial charge in [0.25, 0.3) is 11.5 Å². The van der Waals surface area contributed by atoms with Crippen molar-refractivity contribution in [1.29, 1.82) is 0 Å². The van der Waals surface area contributed by atoms with Crippen molar-refractivity contribution in [3.05, 3.63) is 138 Å². The minimum atomic E-state index is -0.678. The highest BCUT2D eigenvalue weighted by Gasteiger charge is 2.32. The fraction of sp³-hybridized carbons (Fsp3) is 0.0667. The molecule has 0 bridgehead atoms. The number of thiazole rings is 1. The van der Waals surface area contributed by atoms with Crippen LogP contribution in [0, 0.1) is 0 Å². The number of fused-ring (bicyclic) bond motifs is 1. The van der Waals surface area contributed by atoms with Crippen LogP contribution in [0.25, 0.3) is 17.3 Å². The van der Waals surface area contributed by atoms with Crippen LogP contribution in [0.3, 0.4) is 0 Å². The number of hydrogen-bond acceptors (Lipinski definition) is 5. The number of benzene rings is 3. The van der Waals surface area contributed by atoms with Gasteiger partial charge in [-0.3, -0.25) is 19.3 Å². The normalized spacial score (nSPS) is 15.1. The van der Waals surface area contributed by atoms with Gasteiger partial charge in [0.15, 0.2) is 4.80 Å². The van der Waals surface area contributed by atoms with Gasteiger partial charge in [-0.1, -0.05) is 83.6 Å². The third-order valence-corrected chi connectivity index (χ3v) is 7.74. The van der Waals surface area contributed by atoms with Gasteiger partial charge in [0.05, 0.1) is 33.7 Å². The topological polar surface area (TPSA) is 92.1 Å². The molecule has 1 aliphatic heterocycles. The Morgan fingerprint density at radius 2 is 1.72 bits per heavy atom. The number of nitrogens with one attached hydrogen (secondary N) is 2. The van der Waals surface area contributed by atoms with Crippen LogP contribution >= 0.6 is 22.9 Å². The van der Waals surface area contributed by atoms with E-state index in [2.05, 4.69) is 15.5 Å². The van der Waals surface area contributed by atoms with E-state index in [4.69, 9.17) is 16.6 Å². The number of allylic oxidation sites excluding steroid dienone is 1. The number of hydrogen-bond donors (Lipinski definition) is 2. The summed E-state index contributed by atoms with van der Waals surface area (Å²) in [6.45, 7) is 1.80. The highest BCUT2D eigenvalue weighted by atomic mass is 35.5. The Morgan fingerprint density at radius 3 is 2.44 bits per heavy atom. The van der Waals surface area contributed by atoms with E-state index in [9.17, 15) is 9.59 Å². The average Bonchev–Trinajstić information content (AvgIpc) is 3.53. The van der Waals surface area contributed by atoms with Crippen LogP contribution in [0.2, 0.25) is 5.02 Å². The maximum Gasteiger partial charge on any atom is 0.271 e. The van der Waals surface area contributed by atoms with E-state index < -0.39 is 6.04 Å². The summed E-state index contributed by atoms with van der Waals surface area (Å²) >= 11 is 7.46. The minimum Gasteiger partial charge on any atom is -0.322 e. The lowest BCUT2D eigenvalue weighted by molar-refractivity contribution is -0.113. The van der Waals surface area contributed by atoms with Gasteiger partial charge in [-0.25, -0.2) is 4.99 Å². The first-order valence-electron chi connectivity index (χ1n) is 12.2. The monoisotopic (exact) mass is 551 g/mol. The van der Waals surface area contributed by atoms with E-state index in [1.165, 1.54) is 11.3 Å². The zero-order valence-electron chi connectivity index (χ0n) is 20.8. The number of aromatic nitrogens is 3. The fourth-order valence-corrected chi connectivity index (χ4v) is 5.84. The molecule has 192 valence electrons. The third-order valence-electron chi connectivity index (χ3n) is 6.50. The van der Waals surface area contributed by atoms with Crippen molar-refractivity contribution < 1.29 is 4.79 Å². The summed E-state index contributed by atoms with van der Waals surface area (Å²) in [5.74, 6) is -0.321.